The molecule has 0 fully saturated rings. The Kier molecular flexibility index (Phi) is 5.38. The number of benzene rings is 1. The number of aliphatic hydroxyl groups excluding tert-OH is 1. The summed E-state index contributed by atoms with van der Waals surface area (Å²) in [6.45, 7) is 2.49. The van der Waals surface area contributed by atoms with Gasteiger partial charge in [0, 0.05) is 18.7 Å². The minimum atomic E-state index is -0.545. The van der Waals surface area contributed by atoms with E-state index < -0.39 is 5.82 Å². The van der Waals surface area contributed by atoms with Crippen LogP contribution in [0.1, 0.15) is 23.7 Å². The summed E-state index contributed by atoms with van der Waals surface area (Å²) in [5.41, 5.74) is 0.326. The zero-order valence-corrected chi connectivity index (χ0v) is 10.3. The lowest BCUT2D eigenvalue weighted by Crippen LogP contribution is -2.28. The lowest BCUT2D eigenvalue weighted by Gasteiger charge is -2.11. The Morgan fingerprint density at radius 3 is 2.88 bits per heavy atom. The first-order valence-corrected chi connectivity index (χ1v) is 5.76. The van der Waals surface area contributed by atoms with E-state index in [4.69, 9.17) is 16.7 Å². The zero-order valence-electron chi connectivity index (χ0n) is 9.54. The summed E-state index contributed by atoms with van der Waals surface area (Å²) in [4.78, 5) is 11.7. The van der Waals surface area contributed by atoms with Crippen LogP contribution in [-0.4, -0.2) is 24.2 Å². The van der Waals surface area contributed by atoms with Gasteiger partial charge in [-0.05, 0) is 30.5 Å². The minimum absolute atomic E-state index is 0.0685. The van der Waals surface area contributed by atoms with Crippen LogP contribution in [0.25, 0.3) is 0 Å². The van der Waals surface area contributed by atoms with E-state index in [2.05, 4.69) is 5.32 Å². The van der Waals surface area contributed by atoms with Gasteiger partial charge in [-0.15, -0.1) is 0 Å². The van der Waals surface area contributed by atoms with Gasteiger partial charge in [-0.1, -0.05) is 18.5 Å². The average molecular weight is 260 g/mol. The minimum Gasteiger partial charge on any atom is -0.396 e. The topological polar surface area (TPSA) is 49.3 Å². The normalized spacial score (nSPS) is 12.2. The number of halogens is 2. The fourth-order valence-corrected chi connectivity index (χ4v) is 1.51. The SMILES string of the molecule is CC(CCO)CNC(=O)c1ccc(F)c(Cl)c1. The fraction of sp³-hybridized carbons (Fsp3) is 0.417. The highest BCUT2D eigenvalue weighted by molar-refractivity contribution is 6.31. The Labute approximate surface area is 105 Å². The van der Waals surface area contributed by atoms with Crippen molar-refractivity contribution in [2.75, 3.05) is 13.2 Å². The predicted octanol–water partition coefficient (Wildman–Crippen LogP) is 2.23. The molecule has 1 atom stereocenters. The number of nitrogens with one attached hydrogen (secondary N) is 1. The average Bonchev–Trinajstić information content (AvgIpc) is 2.30. The largest absolute Gasteiger partial charge is 0.396 e. The summed E-state index contributed by atoms with van der Waals surface area (Å²) in [6.07, 6.45) is 0.629. The van der Waals surface area contributed by atoms with Crippen LogP contribution in [0, 0.1) is 11.7 Å². The number of rotatable bonds is 5. The van der Waals surface area contributed by atoms with Crippen LogP contribution in [0.5, 0.6) is 0 Å². The highest BCUT2D eigenvalue weighted by Crippen LogP contribution is 2.15. The zero-order chi connectivity index (χ0) is 12.8. The molecule has 3 nitrogen and oxygen atoms in total. The smallest absolute Gasteiger partial charge is 0.251 e. The quantitative estimate of drug-likeness (QED) is 0.852. The molecule has 0 heterocycles. The Balaban J connectivity index is 2.55. The van der Waals surface area contributed by atoms with Crippen molar-refractivity contribution in [3.05, 3.63) is 34.6 Å². The molecule has 2 N–H and O–H groups in total. The second-order valence-corrected chi connectivity index (χ2v) is 4.36. The molecule has 0 radical (unpaired) electrons. The highest BCUT2D eigenvalue weighted by Gasteiger charge is 2.09. The van der Waals surface area contributed by atoms with Crippen LogP contribution in [0.3, 0.4) is 0 Å². The molecule has 0 bridgehead atoms. The third-order valence-electron chi connectivity index (χ3n) is 2.41. The van der Waals surface area contributed by atoms with E-state index in [1.54, 1.807) is 0 Å². The van der Waals surface area contributed by atoms with Crippen LogP contribution in [0.15, 0.2) is 18.2 Å². The molecule has 0 spiro atoms. The van der Waals surface area contributed by atoms with E-state index in [0.29, 0.717) is 18.5 Å². The van der Waals surface area contributed by atoms with Gasteiger partial charge in [-0.2, -0.15) is 0 Å². The van der Waals surface area contributed by atoms with Crippen LogP contribution in [0.2, 0.25) is 5.02 Å². The third kappa shape index (κ3) is 4.32. The first kappa shape index (κ1) is 13.9. The van der Waals surface area contributed by atoms with Gasteiger partial charge in [0.05, 0.1) is 5.02 Å². The molecule has 0 saturated heterocycles. The van der Waals surface area contributed by atoms with Gasteiger partial charge in [0.15, 0.2) is 0 Å². The van der Waals surface area contributed by atoms with E-state index in [0.717, 1.165) is 6.07 Å². The van der Waals surface area contributed by atoms with Crippen LogP contribution in [-0.2, 0) is 0 Å². The molecule has 0 aliphatic heterocycles. The number of hydrogen-bond donors (Lipinski definition) is 2. The second kappa shape index (κ2) is 6.57. The third-order valence-corrected chi connectivity index (χ3v) is 2.70. The Morgan fingerprint density at radius 2 is 2.29 bits per heavy atom. The molecular weight excluding hydrogens is 245 g/mol. The maximum atomic E-state index is 12.9. The molecule has 1 aromatic rings. The van der Waals surface area contributed by atoms with Crippen molar-refractivity contribution >= 4 is 17.5 Å². The summed E-state index contributed by atoms with van der Waals surface area (Å²) >= 11 is 5.58. The number of amides is 1. The first-order valence-electron chi connectivity index (χ1n) is 5.38. The summed E-state index contributed by atoms with van der Waals surface area (Å²) in [6, 6.07) is 3.84. The number of aliphatic hydroxyl groups is 1. The van der Waals surface area contributed by atoms with Crippen LogP contribution in [0.4, 0.5) is 4.39 Å². The molecule has 0 aliphatic carbocycles. The van der Waals surface area contributed by atoms with E-state index in [1.807, 2.05) is 6.92 Å². The van der Waals surface area contributed by atoms with Gasteiger partial charge in [-0.3, -0.25) is 4.79 Å². The van der Waals surface area contributed by atoms with Crippen molar-refractivity contribution < 1.29 is 14.3 Å². The molecule has 1 aromatic carbocycles. The van der Waals surface area contributed by atoms with Gasteiger partial charge < -0.3 is 10.4 Å². The van der Waals surface area contributed by atoms with Crippen LogP contribution < -0.4 is 5.32 Å². The maximum absolute atomic E-state index is 12.9. The Hall–Kier alpha value is -1.13. The van der Waals surface area contributed by atoms with Crippen molar-refractivity contribution in [1.29, 1.82) is 0 Å². The fourth-order valence-electron chi connectivity index (χ4n) is 1.33. The summed E-state index contributed by atoms with van der Waals surface area (Å²) < 4.78 is 12.9. The summed E-state index contributed by atoms with van der Waals surface area (Å²) in [7, 11) is 0. The highest BCUT2D eigenvalue weighted by atomic mass is 35.5. The molecule has 1 rings (SSSR count). The second-order valence-electron chi connectivity index (χ2n) is 3.96. The van der Waals surface area contributed by atoms with E-state index in [-0.39, 0.29) is 23.5 Å². The van der Waals surface area contributed by atoms with Gasteiger partial charge in [0.2, 0.25) is 0 Å². The lowest BCUT2D eigenvalue weighted by atomic mass is 10.1. The van der Waals surface area contributed by atoms with E-state index in [1.165, 1.54) is 12.1 Å². The number of hydrogen-bond acceptors (Lipinski definition) is 2. The summed E-state index contributed by atoms with van der Waals surface area (Å²) in [5, 5.41) is 11.3. The van der Waals surface area contributed by atoms with Crippen molar-refractivity contribution in [1.82, 2.24) is 5.32 Å². The number of carbonyl (C=O) groups is 1. The predicted molar refractivity (Wildman–Crippen MR) is 64.6 cm³/mol. The number of carbonyl (C=O) groups excluding carboxylic acids is 1. The van der Waals surface area contributed by atoms with E-state index in [9.17, 15) is 9.18 Å². The Morgan fingerprint density at radius 1 is 1.59 bits per heavy atom. The van der Waals surface area contributed by atoms with Gasteiger partial charge in [-0.25, -0.2) is 4.39 Å². The molecule has 1 unspecified atom stereocenters. The summed E-state index contributed by atoms with van der Waals surface area (Å²) in [5.74, 6) is -0.645. The van der Waals surface area contributed by atoms with Crippen molar-refractivity contribution in [3.63, 3.8) is 0 Å². The molecule has 0 aliphatic rings. The standard InChI is InChI=1S/C12H15ClFNO2/c1-8(4-5-16)7-15-12(17)9-2-3-11(14)10(13)6-9/h2-3,6,8,16H,4-5,7H2,1H3,(H,15,17). The van der Waals surface area contributed by atoms with Gasteiger partial charge >= 0.3 is 0 Å². The molecule has 5 heteroatoms. The molecule has 0 aromatic heterocycles. The van der Waals surface area contributed by atoms with Crippen molar-refractivity contribution in [2.45, 2.75) is 13.3 Å². The monoisotopic (exact) mass is 259 g/mol. The molecule has 1 amide bonds. The molecule has 0 saturated carbocycles. The van der Waals surface area contributed by atoms with Crippen LogP contribution >= 0.6 is 11.6 Å². The molecule has 94 valence electrons. The first-order chi connectivity index (χ1) is 8.04. The Bertz CT molecular complexity index is 398. The van der Waals surface area contributed by atoms with Gasteiger partial charge in [0.25, 0.3) is 5.91 Å². The van der Waals surface area contributed by atoms with Gasteiger partial charge in [0.1, 0.15) is 5.82 Å². The maximum Gasteiger partial charge on any atom is 0.251 e. The van der Waals surface area contributed by atoms with E-state index >= 15 is 0 Å². The molecule has 17 heavy (non-hydrogen) atoms. The van der Waals surface area contributed by atoms with Crippen molar-refractivity contribution in [3.8, 4) is 0 Å². The van der Waals surface area contributed by atoms with Crippen molar-refractivity contribution in [2.24, 2.45) is 5.92 Å². The lowest BCUT2D eigenvalue weighted by molar-refractivity contribution is 0.0945. The molecular formula is C12H15ClFNO2.